The van der Waals surface area contributed by atoms with E-state index in [9.17, 15) is 9.59 Å². The van der Waals surface area contributed by atoms with E-state index in [1.54, 1.807) is 12.0 Å². The van der Waals surface area contributed by atoms with E-state index >= 15 is 0 Å². The lowest BCUT2D eigenvalue weighted by Gasteiger charge is -2.38. The second-order valence-corrected chi connectivity index (χ2v) is 7.67. The Hall–Kier alpha value is -3.02. The quantitative estimate of drug-likeness (QED) is 0.802. The summed E-state index contributed by atoms with van der Waals surface area (Å²) >= 11 is 0. The van der Waals surface area contributed by atoms with Crippen LogP contribution in [0.15, 0.2) is 48.5 Å². The van der Waals surface area contributed by atoms with Crippen LogP contribution < -0.4 is 14.5 Å². The van der Waals surface area contributed by atoms with Gasteiger partial charge in [0.15, 0.2) is 0 Å². The van der Waals surface area contributed by atoms with Crippen LogP contribution in [0.4, 0.5) is 11.4 Å². The SMILES string of the molecule is COc1ccc(N2C(=O)CCC2C(=O)N2CCN(c3cccc(C)c3)CC2)cc1. The van der Waals surface area contributed by atoms with Gasteiger partial charge in [-0.05, 0) is 55.3 Å². The number of aryl methyl sites for hydroxylation is 1. The topological polar surface area (TPSA) is 53.1 Å². The lowest BCUT2D eigenvalue weighted by Crippen LogP contribution is -2.54. The van der Waals surface area contributed by atoms with Gasteiger partial charge in [-0.25, -0.2) is 0 Å². The molecule has 2 amide bonds. The Balaban J connectivity index is 1.44. The van der Waals surface area contributed by atoms with E-state index in [2.05, 4.69) is 36.1 Å². The highest BCUT2D eigenvalue weighted by Gasteiger charge is 2.39. The van der Waals surface area contributed by atoms with Crippen LogP contribution in [0, 0.1) is 6.92 Å². The molecule has 2 aliphatic heterocycles. The van der Waals surface area contributed by atoms with Gasteiger partial charge in [0.1, 0.15) is 11.8 Å². The summed E-state index contributed by atoms with van der Waals surface area (Å²) in [4.78, 5) is 31.6. The summed E-state index contributed by atoms with van der Waals surface area (Å²) in [5.74, 6) is 0.790. The molecule has 0 spiro atoms. The van der Waals surface area contributed by atoms with Crippen molar-refractivity contribution in [1.82, 2.24) is 4.90 Å². The fourth-order valence-corrected chi connectivity index (χ4v) is 4.20. The predicted molar refractivity (Wildman–Crippen MR) is 113 cm³/mol. The third kappa shape index (κ3) is 3.92. The van der Waals surface area contributed by atoms with E-state index in [0.717, 1.165) is 24.5 Å². The van der Waals surface area contributed by atoms with Gasteiger partial charge in [-0.1, -0.05) is 12.1 Å². The number of carbonyl (C=O) groups excluding carboxylic acids is 2. The van der Waals surface area contributed by atoms with Crippen LogP contribution in [0.3, 0.4) is 0 Å². The highest BCUT2D eigenvalue weighted by Crippen LogP contribution is 2.30. The third-order valence-corrected chi connectivity index (χ3v) is 5.81. The smallest absolute Gasteiger partial charge is 0.245 e. The molecule has 2 heterocycles. The van der Waals surface area contributed by atoms with Gasteiger partial charge in [0.2, 0.25) is 11.8 Å². The van der Waals surface area contributed by atoms with Gasteiger partial charge in [0.05, 0.1) is 7.11 Å². The summed E-state index contributed by atoms with van der Waals surface area (Å²) in [5, 5.41) is 0. The first-order chi connectivity index (χ1) is 14.1. The molecular weight excluding hydrogens is 366 g/mol. The molecule has 1 unspecified atom stereocenters. The van der Waals surface area contributed by atoms with Crippen LogP contribution >= 0.6 is 0 Å². The number of amides is 2. The maximum Gasteiger partial charge on any atom is 0.245 e. The minimum atomic E-state index is -0.415. The molecule has 6 heteroatoms. The maximum absolute atomic E-state index is 13.2. The number of ether oxygens (including phenoxy) is 1. The van der Waals surface area contributed by atoms with Gasteiger partial charge in [0, 0.05) is 44.0 Å². The molecule has 152 valence electrons. The zero-order valence-electron chi connectivity index (χ0n) is 17.0. The first-order valence-corrected chi connectivity index (χ1v) is 10.1. The van der Waals surface area contributed by atoms with Crippen molar-refractivity contribution in [2.45, 2.75) is 25.8 Å². The Labute approximate surface area is 171 Å². The monoisotopic (exact) mass is 393 g/mol. The number of benzene rings is 2. The zero-order valence-corrected chi connectivity index (χ0v) is 17.0. The highest BCUT2D eigenvalue weighted by molar-refractivity contribution is 6.03. The van der Waals surface area contributed by atoms with Gasteiger partial charge >= 0.3 is 0 Å². The van der Waals surface area contributed by atoms with Gasteiger partial charge in [-0.3, -0.25) is 14.5 Å². The molecule has 4 rings (SSSR count). The Morgan fingerprint density at radius 2 is 1.72 bits per heavy atom. The fraction of sp³-hybridized carbons (Fsp3) is 0.391. The van der Waals surface area contributed by atoms with Crippen LogP contribution in [0.2, 0.25) is 0 Å². The standard InChI is InChI=1S/C23H27N3O3/c1-17-4-3-5-19(16-17)24-12-14-25(15-13-24)23(28)21-10-11-22(27)26(21)18-6-8-20(29-2)9-7-18/h3-9,16,21H,10-15H2,1-2H3. The molecule has 0 N–H and O–H groups in total. The van der Waals surface area contributed by atoms with Crippen LogP contribution in [0.25, 0.3) is 0 Å². The largest absolute Gasteiger partial charge is 0.497 e. The average molecular weight is 393 g/mol. The maximum atomic E-state index is 13.2. The number of rotatable bonds is 4. The van der Waals surface area contributed by atoms with Crippen LogP contribution in [0.1, 0.15) is 18.4 Å². The van der Waals surface area contributed by atoms with E-state index in [0.29, 0.717) is 25.9 Å². The number of methoxy groups -OCH3 is 1. The normalized spacial score (nSPS) is 19.6. The molecule has 2 aromatic carbocycles. The molecule has 0 radical (unpaired) electrons. The van der Waals surface area contributed by atoms with E-state index in [1.165, 1.54) is 11.3 Å². The second-order valence-electron chi connectivity index (χ2n) is 7.67. The first kappa shape index (κ1) is 19.3. The fourth-order valence-electron chi connectivity index (χ4n) is 4.20. The number of anilines is 2. The second kappa shape index (κ2) is 8.15. The predicted octanol–water partition coefficient (Wildman–Crippen LogP) is 2.85. The third-order valence-electron chi connectivity index (χ3n) is 5.81. The van der Waals surface area contributed by atoms with Crippen molar-refractivity contribution in [3.63, 3.8) is 0 Å². The number of carbonyl (C=O) groups is 2. The Morgan fingerprint density at radius 1 is 1.00 bits per heavy atom. The van der Waals surface area contributed by atoms with Gasteiger partial charge in [-0.2, -0.15) is 0 Å². The van der Waals surface area contributed by atoms with Crippen molar-refractivity contribution in [3.8, 4) is 5.75 Å². The number of hydrogen-bond acceptors (Lipinski definition) is 4. The number of nitrogens with zero attached hydrogens (tertiary/aromatic N) is 3. The molecular formula is C23H27N3O3. The molecule has 1 atom stereocenters. The van der Waals surface area contributed by atoms with Crippen molar-refractivity contribution in [1.29, 1.82) is 0 Å². The van der Waals surface area contributed by atoms with E-state index in [1.807, 2.05) is 29.2 Å². The Morgan fingerprint density at radius 3 is 2.38 bits per heavy atom. The molecule has 0 saturated carbocycles. The molecule has 2 saturated heterocycles. The van der Waals surface area contributed by atoms with E-state index in [-0.39, 0.29) is 11.8 Å². The molecule has 29 heavy (non-hydrogen) atoms. The van der Waals surface area contributed by atoms with Crippen LogP contribution in [-0.4, -0.2) is 56.0 Å². The van der Waals surface area contributed by atoms with Crippen molar-refractivity contribution in [2.75, 3.05) is 43.1 Å². The van der Waals surface area contributed by atoms with Crippen LogP contribution in [0.5, 0.6) is 5.75 Å². The summed E-state index contributed by atoms with van der Waals surface area (Å²) in [7, 11) is 1.61. The minimum absolute atomic E-state index is 0.00640. The van der Waals surface area contributed by atoms with Crippen molar-refractivity contribution >= 4 is 23.2 Å². The van der Waals surface area contributed by atoms with Crippen molar-refractivity contribution < 1.29 is 14.3 Å². The lowest BCUT2D eigenvalue weighted by atomic mass is 10.1. The summed E-state index contributed by atoms with van der Waals surface area (Å²) in [5.41, 5.74) is 3.19. The molecule has 0 aromatic heterocycles. The zero-order chi connectivity index (χ0) is 20.4. The van der Waals surface area contributed by atoms with E-state index < -0.39 is 6.04 Å². The minimum Gasteiger partial charge on any atom is -0.497 e. The molecule has 0 aliphatic carbocycles. The van der Waals surface area contributed by atoms with Gasteiger partial charge in [-0.15, -0.1) is 0 Å². The highest BCUT2D eigenvalue weighted by atomic mass is 16.5. The summed E-state index contributed by atoms with van der Waals surface area (Å²) in [6.45, 7) is 5.05. The molecule has 6 nitrogen and oxygen atoms in total. The summed E-state index contributed by atoms with van der Waals surface area (Å²) in [6, 6.07) is 15.4. The summed E-state index contributed by atoms with van der Waals surface area (Å²) in [6.07, 6.45) is 0.980. The number of hydrogen-bond donors (Lipinski definition) is 0. The lowest BCUT2D eigenvalue weighted by molar-refractivity contribution is -0.133. The average Bonchev–Trinajstić information content (AvgIpc) is 3.14. The van der Waals surface area contributed by atoms with E-state index in [4.69, 9.17) is 4.74 Å². The van der Waals surface area contributed by atoms with Gasteiger partial charge in [0.25, 0.3) is 0 Å². The van der Waals surface area contributed by atoms with Crippen molar-refractivity contribution in [3.05, 3.63) is 54.1 Å². The molecule has 2 aromatic rings. The summed E-state index contributed by atoms with van der Waals surface area (Å²) < 4.78 is 5.20. The number of piperazine rings is 1. The molecule has 2 fully saturated rings. The Bertz CT molecular complexity index is 888. The van der Waals surface area contributed by atoms with Gasteiger partial charge < -0.3 is 14.5 Å². The first-order valence-electron chi connectivity index (χ1n) is 10.1. The van der Waals surface area contributed by atoms with Crippen LogP contribution in [-0.2, 0) is 9.59 Å². The van der Waals surface area contributed by atoms with Crippen molar-refractivity contribution in [2.24, 2.45) is 0 Å². The molecule has 0 bridgehead atoms. The Kier molecular flexibility index (Phi) is 5.43. The molecule has 2 aliphatic rings.